The smallest absolute Gasteiger partial charge is 0.306 e. The molecule has 416 valence electrons. The zero-order valence-electron chi connectivity index (χ0n) is 47.6. The van der Waals surface area contributed by atoms with Gasteiger partial charge in [0.2, 0.25) is 0 Å². The van der Waals surface area contributed by atoms with E-state index >= 15 is 0 Å². The number of unbranched alkanes of at least 4 members (excludes halogenated alkanes) is 25. The molecule has 0 fully saturated rings. The van der Waals surface area contributed by atoms with Crippen LogP contribution in [0, 0.1) is 0 Å². The van der Waals surface area contributed by atoms with Gasteiger partial charge in [-0.15, -0.1) is 0 Å². The summed E-state index contributed by atoms with van der Waals surface area (Å²) in [6, 6.07) is 0. The quantitative estimate of drug-likeness (QED) is 0.0261. The molecule has 0 N–H and O–H groups in total. The van der Waals surface area contributed by atoms with Crippen molar-refractivity contribution >= 4 is 17.9 Å². The highest BCUT2D eigenvalue weighted by molar-refractivity contribution is 5.71. The third-order valence-corrected chi connectivity index (χ3v) is 12.7. The van der Waals surface area contributed by atoms with Crippen molar-refractivity contribution in [1.82, 2.24) is 0 Å². The predicted molar refractivity (Wildman–Crippen MR) is 316 cm³/mol. The van der Waals surface area contributed by atoms with E-state index in [1.54, 1.807) is 0 Å². The molecular weight excluding hydrogens is 901 g/mol. The number of allylic oxidation sites excluding steroid dienone is 18. The van der Waals surface area contributed by atoms with Crippen LogP contribution in [0.5, 0.6) is 0 Å². The van der Waals surface area contributed by atoms with Gasteiger partial charge in [-0.3, -0.25) is 14.4 Å². The van der Waals surface area contributed by atoms with Gasteiger partial charge in [0.05, 0.1) is 0 Å². The Balaban J connectivity index is 4.44. The van der Waals surface area contributed by atoms with Crippen molar-refractivity contribution in [2.45, 2.75) is 284 Å². The van der Waals surface area contributed by atoms with Gasteiger partial charge in [0.25, 0.3) is 0 Å². The molecule has 0 amide bonds. The number of rotatable bonds is 54. The summed E-state index contributed by atoms with van der Waals surface area (Å²) in [6.45, 7) is 6.44. The number of hydrogen-bond acceptors (Lipinski definition) is 6. The van der Waals surface area contributed by atoms with E-state index in [2.05, 4.69) is 124 Å². The Kier molecular flexibility index (Phi) is 57.4. The first-order valence-electron chi connectivity index (χ1n) is 30.4. The van der Waals surface area contributed by atoms with Crippen LogP contribution in [-0.4, -0.2) is 37.2 Å². The van der Waals surface area contributed by atoms with Crippen molar-refractivity contribution in [3.05, 3.63) is 109 Å². The van der Waals surface area contributed by atoms with Gasteiger partial charge in [0.1, 0.15) is 13.2 Å². The summed E-state index contributed by atoms with van der Waals surface area (Å²) >= 11 is 0. The molecule has 0 aromatic rings. The van der Waals surface area contributed by atoms with Crippen molar-refractivity contribution in [3.8, 4) is 0 Å². The molecule has 0 saturated heterocycles. The Morgan fingerprint density at radius 3 is 0.918 bits per heavy atom. The van der Waals surface area contributed by atoms with Gasteiger partial charge < -0.3 is 14.2 Å². The summed E-state index contributed by atoms with van der Waals surface area (Å²) in [7, 11) is 0. The molecule has 73 heavy (non-hydrogen) atoms. The minimum absolute atomic E-state index is 0.112. The molecule has 0 saturated carbocycles. The van der Waals surface area contributed by atoms with E-state index in [-0.39, 0.29) is 31.6 Å². The monoisotopic (exact) mass is 1010 g/mol. The Labute approximate surface area is 450 Å². The largest absolute Gasteiger partial charge is 0.462 e. The topological polar surface area (TPSA) is 78.9 Å². The SMILES string of the molecule is CC/C=C\C/C=C\C/C=C\C/C=C\C/C=C\C/C=C\CCC(=O)OC(COC(=O)CCCCCCC/C=C\CCCCCC)COC(=O)CCCCCCCCCCCCC/C=C\C/C=C\CCCCCCC. The van der Waals surface area contributed by atoms with Gasteiger partial charge in [-0.05, 0) is 116 Å². The van der Waals surface area contributed by atoms with Crippen LogP contribution < -0.4 is 0 Å². The van der Waals surface area contributed by atoms with Gasteiger partial charge in [-0.2, -0.15) is 0 Å². The molecule has 0 aromatic carbocycles. The number of ether oxygens (including phenoxy) is 3. The van der Waals surface area contributed by atoms with Crippen LogP contribution in [0.4, 0.5) is 0 Å². The van der Waals surface area contributed by atoms with E-state index in [0.717, 1.165) is 96.3 Å². The number of carbonyl (C=O) groups is 3. The maximum Gasteiger partial charge on any atom is 0.306 e. The first-order valence-corrected chi connectivity index (χ1v) is 30.4. The number of hydrogen-bond donors (Lipinski definition) is 0. The molecule has 0 aliphatic rings. The zero-order valence-corrected chi connectivity index (χ0v) is 47.6. The Morgan fingerprint density at radius 2 is 0.562 bits per heavy atom. The van der Waals surface area contributed by atoms with E-state index in [1.165, 1.54) is 135 Å². The third-order valence-electron chi connectivity index (χ3n) is 12.7. The molecule has 0 aromatic heterocycles. The molecule has 1 unspecified atom stereocenters. The molecule has 0 aliphatic carbocycles. The number of esters is 3. The third kappa shape index (κ3) is 58.8. The van der Waals surface area contributed by atoms with E-state index in [1.807, 2.05) is 6.08 Å². The van der Waals surface area contributed by atoms with Crippen molar-refractivity contribution in [3.63, 3.8) is 0 Å². The second-order valence-electron chi connectivity index (χ2n) is 19.9. The Hall–Kier alpha value is -3.93. The van der Waals surface area contributed by atoms with Gasteiger partial charge in [-0.1, -0.05) is 252 Å². The molecule has 0 rings (SSSR count). The average Bonchev–Trinajstić information content (AvgIpc) is 3.39. The average molecular weight is 1010 g/mol. The van der Waals surface area contributed by atoms with Crippen molar-refractivity contribution < 1.29 is 28.6 Å². The van der Waals surface area contributed by atoms with Gasteiger partial charge in [0, 0.05) is 19.3 Å². The summed E-state index contributed by atoms with van der Waals surface area (Å²) < 4.78 is 16.8. The minimum atomic E-state index is -0.825. The van der Waals surface area contributed by atoms with Crippen LogP contribution in [-0.2, 0) is 28.6 Å². The summed E-state index contributed by atoms with van der Waals surface area (Å²) in [4.78, 5) is 38.2. The highest BCUT2D eigenvalue weighted by atomic mass is 16.6. The maximum atomic E-state index is 12.8. The summed E-state index contributed by atoms with van der Waals surface area (Å²) in [5.74, 6) is -1.01. The van der Waals surface area contributed by atoms with Crippen LogP contribution in [0.1, 0.15) is 278 Å². The molecule has 0 bridgehead atoms. The normalized spacial score (nSPS) is 12.9. The second kappa shape index (κ2) is 60.6. The molecular formula is C67H112O6. The molecule has 0 spiro atoms. The fourth-order valence-electron chi connectivity index (χ4n) is 8.20. The molecule has 1 atom stereocenters. The highest BCUT2D eigenvalue weighted by Gasteiger charge is 2.19. The fraction of sp³-hybridized carbons (Fsp3) is 0.687. The van der Waals surface area contributed by atoms with Crippen molar-refractivity contribution in [1.29, 1.82) is 0 Å². The maximum absolute atomic E-state index is 12.8. The molecule has 6 nitrogen and oxygen atoms in total. The van der Waals surface area contributed by atoms with Crippen LogP contribution >= 0.6 is 0 Å². The lowest BCUT2D eigenvalue weighted by molar-refractivity contribution is -0.166. The van der Waals surface area contributed by atoms with Crippen LogP contribution in [0.3, 0.4) is 0 Å². The molecule has 0 aliphatic heterocycles. The van der Waals surface area contributed by atoms with Gasteiger partial charge in [0.15, 0.2) is 6.10 Å². The summed E-state index contributed by atoms with van der Waals surface area (Å²) in [5.41, 5.74) is 0. The standard InChI is InChI=1S/C67H112O6/c1-4-7-10-13-16-19-22-25-27-29-31-32-33-34-36-37-39-42-45-48-51-54-57-60-66(69)72-63-64(62-71-65(68)59-56-53-50-47-44-41-24-21-18-15-12-9-6-3)73-67(70)61-58-55-52-49-46-43-40-38-35-30-28-26-23-20-17-14-11-8-5-2/h8,11,17,20-22,24-26,28-29,31,35,38,43,46,52,55,64H,4-7,9-10,12-16,18-19,23,27,30,32-34,36-37,39-42,44-45,47-51,53-54,56-63H2,1-3H3/b11-8-,20-17-,24-21-,25-22-,28-26-,31-29-,38-35-,46-43-,55-52-. The lowest BCUT2D eigenvalue weighted by Gasteiger charge is -2.18. The van der Waals surface area contributed by atoms with E-state index in [4.69, 9.17) is 14.2 Å². The Morgan fingerprint density at radius 1 is 0.288 bits per heavy atom. The molecule has 0 heterocycles. The highest BCUT2D eigenvalue weighted by Crippen LogP contribution is 2.15. The van der Waals surface area contributed by atoms with Gasteiger partial charge in [-0.25, -0.2) is 0 Å². The van der Waals surface area contributed by atoms with Crippen molar-refractivity contribution in [2.24, 2.45) is 0 Å². The van der Waals surface area contributed by atoms with Gasteiger partial charge >= 0.3 is 17.9 Å². The van der Waals surface area contributed by atoms with Crippen LogP contribution in [0.25, 0.3) is 0 Å². The van der Waals surface area contributed by atoms with Crippen LogP contribution in [0.15, 0.2) is 109 Å². The Bertz CT molecular complexity index is 1490. The fourth-order valence-corrected chi connectivity index (χ4v) is 8.20. The minimum Gasteiger partial charge on any atom is -0.462 e. The number of carbonyl (C=O) groups excluding carboxylic acids is 3. The molecule has 0 radical (unpaired) electrons. The lowest BCUT2D eigenvalue weighted by atomic mass is 10.0. The van der Waals surface area contributed by atoms with E-state index in [9.17, 15) is 14.4 Å². The first-order chi connectivity index (χ1) is 36.0. The zero-order chi connectivity index (χ0) is 52.9. The predicted octanol–water partition coefficient (Wildman–Crippen LogP) is 20.7. The molecule has 6 heteroatoms. The summed E-state index contributed by atoms with van der Waals surface area (Å²) in [6.07, 6.45) is 82.4. The van der Waals surface area contributed by atoms with E-state index < -0.39 is 12.1 Å². The van der Waals surface area contributed by atoms with Crippen molar-refractivity contribution in [2.75, 3.05) is 13.2 Å². The second-order valence-corrected chi connectivity index (χ2v) is 19.9. The first kappa shape index (κ1) is 69.1. The summed E-state index contributed by atoms with van der Waals surface area (Å²) in [5, 5.41) is 0. The van der Waals surface area contributed by atoms with Crippen LogP contribution in [0.2, 0.25) is 0 Å². The lowest BCUT2D eigenvalue weighted by Crippen LogP contribution is -2.30. The van der Waals surface area contributed by atoms with E-state index in [0.29, 0.717) is 19.3 Å².